The monoisotopic (exact) mass is 423 g/mol. The fraction of sp³-hybridized carbons (Fsp3) is 0.133. The number of aromatic nitrogens is 2. The van der Waals surface area contributed by atoms with Gasteiger partial charge in [-0.3, -0.25) is 4.98 Å². The van der Waals surface area contributed by atoms with E-state index in [4.69, 9.17) is 4.98 Å². The van der Waals surface area contributed by atoms with Gasteiger partial charge in [0.1, 0.15) is 0 Å². The Morgan fingerprint density at radius 1 is 0.848 bits per heavy atom. The van der Waals surface area contributed by atoms with E-state index in [9.17, 15) is 5.26 Å². The molecule has 0 fully saturated rings. The molecule has 3 nitrogen and oxygen atoms in total. The van der Waals surface area contributed by atoms with E-state index in [-0.39, 0.29) is 0 Å². The van der Waals surface area contributed by atoms with Crippen molar-refractivity contribution in [3.8, 4) is 6.07 Å². The van der Waals surface area contributed by atoms with Crippen molar-refractivity contribution < 1.29 is 0 Å². The van der Waals surface area contributed by atoms with Crippen molar-refractivity contribution in [3.63, 3.8) is 0 Å². The van der Waals surface area contributed by atoms with E-state index >= 15 is 0 Å². The summed E-state index contributed by atoms with van der Waals surface area (Å²) in [5.74, 6) is 0.507. The molecule has 3 heterocycles. The Morgan fingerprint density at radius 3 is 2.58 bits per heavy atom. The summed E-state index contributed by atoms with van der Waals surface area (Å²) in [5, 5.41) is 18.2. The number of hydrogen-bond acceptors (Lipinski definition) is 2. The van der Waals surface area contributed by atoms with Crippen molar-refractivity contribution in [3.05, 3.63) is 84.1 Å². The van der Waals surface area contributed by atoms with Crippen LogP contribution in [0.25, 0.3) is 59.8 Å². The number of nitrogens with zero attached hydrogens (tertiary/aromatic N) is 3. The van der Waals surface area contributed by atoms with Crippen LogP contribution in [0.1, 0.15) is 25.0 Å². The van der Waals surface area contributed by atoms with Gasteiger partial charge in [0.05, 0.1) is 33.7 Å². The standard InChI is InChI=1S/C30H21N3/c1-17(2)14-23-21-8-4-3-6-19(21)15-24-28-27-18(12-13-32-28)10-11-22-26-20(16-31)7-5-9-25(26)33(29(23)24)30(22)27/h3-13,15,17H,14H2,1-2H3. The second-order valence-electron chi connectivity index (χ2n) is 9.44. The lowest BCUT2D eigenvalue weighted by Gasteiger charge is -2.18. The highest BCUT2D eigenvalue weighted by Gasteiger charge is 2.23. The van der Waals surface area contributed by atoms with Gasteiger partial charge in [-0.1, -0.05) is 56.3 Å². The zero-order chi connectivity index (χ0) is 22.3. The molecule has 0 atom stereocenters. The Hall–Kier alpha value is -4.16. The predicted molar refractivity (Wildman–Crippen MR) is 137 cm³/mol. The minimum Gasteiger partial charge on any atom is -0.308 e. The lowest BCUT2D eigenvalue weighted by Crippen LogP contribution is -2.02. The number of rotatable bonds is 2. The molecular formula is C30H21N3. The normalized spacial score (nSPS) is 12.3. The highest BCUT2D eigenvalue weighted by atomic mass is 14.9. The molecule has 4 aromatic carbocycles. The summed E-state index contributed by atoms with van der Waals surface area (Å²) in [6.07, 6.45) is 2.89. The molecule has 0 saturated carbocycles. The van der Waals surface area contributed by atoms with Crippen LogP contribution in [0.15, 0.2) is 72.9 Å². The van der Waals surface area contributed by atoms with Crippen LogP contribution in [0, 0.1) is 17.2 Å². The van der Waals surface area contributed by atoms with Gasteiger partial charge in [-0.15, -0.1) is 0 Å². The van der Waals surface area contributed by atoms with Crippen LogP contribution in [0.4, 0.5) is 0 Å². The average Bonchev–Trinajstić information content (AvgIpc) is 3.18. The van der Waals surface area contributed by atoms with E-state index in [1.54, 1.807) is 0 Å². The molecule has 33 heavy (non-hydrogen) atoms. The van der Waals surface area contributed by atoms with Gasteiger partial charge in [0.2, 0.25) is 0 Å². The van der Waals surface area contributed by atoms with E-state index < -0.39 is 0 Å². The molecule has 0 unspecified atom stereocenters. The van der Waals surface area contributed by atoms with Gasteiger partial charge in [0.25, 0.3) is 0 Å². The topological polar surface area (TPSA) is 41.1 Å². The minimum atomic E-state index is 0.507. The maximum Gasteiger partial charge on any atom is 0.0998 e. The fourth-order valence-corrected chi connectivity index (χ4v) is 5.81. The van der Waals surface area contributed by atoms with Crippen LogP contribution in [0.5, 0.6) is 0 Å². The van der Waals surface area contributed by atoms with E-state index in [0.29, 0.717) is 5.92 Å². The van der Waals surface area contributed by atoms with Crippen molar-refractivity contribution in [1.82, 2.24) is 9.38 Å². The Bertz CT molecular complexity index is 1930. The van der Waals surface area contributed by atoms with Gasteiger partial charge in [0.15, 0.2) is 0 Å². The number of pyridine rings is 2. The predicted octanol–water partition coefficient (Wildman–Crippen LogP) is 7.61. The first-order chi connectivity index (χ1) is 16.2. The quantitative estimate of drug-likeness (QED) is 0.212. The lowest BCUT2D eigenvalue weighted by atomic mass is 9.92. The molecular weight excluding hydrogens is 402 g/mol. The molecule has 0 bridgehead atoms. The van der Waals surface area contributed by atoms with Crippen LogP contribution in [-0.4, -0.2) is 9.38 Å². The molecule has 3 aromatic heterocycles. The summed E-state index contributed by atoms with van der Waals surface area (Å²) in [6.45, 7) is 4.56. The molecule has 0 N–H and O–H groups in total. The summed E-state index contributed by atoms with van der Waals surface area (Å²) in [6, 6.07) is 25.9. The van der Waals surface area contributed by atoms with Crippen LogP contribution in [-0.2, 0) is 6.42 Å². The zero-order valence-electron chi connectivity index (χ0n) is 18.6. The van der Waals surface area contributed by atoms with E-state index in [0.717, 1.165) is 33.8 Å². The van der Waals surface area contributed by atoms with Crippen molar-refractivity contribution in [2.24, 2.45) is 5.92 Å². The van der Waals surface area contributed by atoms with Crippen molar-refractivity contribution in [2.75, 3.05) is 0 Å². The molecule has 7 aromatic rings. The minimum absolute atomic E-state index is 0.507. The first kappa shape index (κ1) is 18.4. The highest BCUT2D eigenvalue weighted by molar-refractivity contribution is 6.29. The van der Waals surface area contributed by atoms with Gasteiger partial charge < -0.3 is 4.40 Å². The summed E-state index contributed by atoms with van der Waals surface area (Å²) in [4.78, 5) is 4.92. The van der Waals surface area contributed by atoms with E-state index in [2.05, 4.69) is 78.9 Å². The van der Waals surface area contributed by atoms with Gasteiger partial charge >= 0.3 is 0 Å². The lowest BCUT2D eigenvalue weighted by molar-refractivity contribution is 0.652. The number of hydrogen-bond donors (Lipinski definition) is 0. The Labute approximate surface area is 190 Å². The molecule has 156 valence electrons. The molecule has 0 spiro atoms. The fourth-order valence-electron chi connectivity index (χ4n) is 5.81. The third kappa shape index (κ3) is 2.30. The van der Waals surface area contributed by atoms with Gasteiger partial charge in [-0.2, -0.15) is 5.26 Å². The summed E-state index contributed by atoms with van der Waals surface area (Å²) in [7, 11) is 0. The molecule has 7 rings (SSSR count). The molecule has 0 aliphatic carbocycles. The molecule has 0 amide bonds. The van der Waals surface area contributed by atoms with Crippen molar-refractivity contribution >= 4 is 59.8 Å². The largest absolute Gasteiger partial charge is 0.308 e. The summed E-state index contributed by atoms with van der Waals surface area (Å²) < 4.78 is 2.42. The van der Waals surface area contributed by atoms with Crippen LogP contribution >= 0.6 is 0 Å². The number of nitriles is 1. The molecule has 0 saturated heterocycles. The number of benzene rings is 4. The molecule has 3 heteroatoms. The van der Waals surface area contributed by atoms with Crippen LogP contribution in [0.2, 0.25) is 0 Å². The smallest absolute Gasteiger partial charge is 0.0998 e. The van der Waals surface area contributed by atoms with Gasteiger partial charge in [-0.25, -0.2) is 0 Å². The van der Waals surface area contributed by atoms with Gasteiger partial charge in [-0.05, 0) is 58.3 Å². The summed E-state index contributed by atoms with van der Waals surface area (Å²) in [5.41, 5.74) is 6.59. The van der Waals surface area contributed by atoms with Crippen LogP contribution < -0.4 is 0 Å². The summed E-state index contributed by atoms with van der Waals surface area (Å²) >= 11 is 0. The molecule has 0 aliphatic heterocycles. The first-order valence-electron chi connectivity index (χ1n) is 11.5. The number of fused-ring (bicyclic) bond motifs is 7. The second-order valence-corrected chi connectivity index (χ2v) is 9.44. The second kappa shape index (κ2) is 6.43. The van der Waals surface area contributed by atoms with Crippen LogP contribution in [0.3, 0.4) is 0 Å². The van der Waals surface area contributed by atoms with Crippen molar-refractivity contribution in [2.45, 2.75) is 20.3 Å². The van der Waals surface area contributed by atoms with E-state index in [1.165, 1.54) is 43.5 Å². The maximum absolute atomic E-state index is 9.94. The third-order valence-corrected chi connectivity index (χ3v) is 7.02. The third-order valence-electron chi connectivity index (χ3n) is 7.02. The Morgan fingerprint density at radius 2 is 1.73 bits per heavy atom. The van der Waals surface area contributed by atoms with Crippen molar-refractivity contribution in [1.29, 1.82) is 5.26 Å². The highest BCUT2D eigenvalue weighted by Crippen LogP contribution is 2.43. The SMILES string of the molecule is CC(C)Cc1c2ccccc2cc2c3nccc4ccc5c6c(C#N)cccc6n(c12)c5c43. The average molecular weight is 424 g/mol. The van der Waals surface area contributed by atoms with Gasteiger partial charge in [0, 0.05) is 27.7 Å². The molecule has 0 radical (unpaired) electrons. The molecule has 0 aliphatic rings. The maximum atomic E-state index is 9.94. The Balaban J connectivity index is 1.92. The van der Waals surface area contributed by atoms with E-state index in [1.807, 2.05) is 18.3 Å². The first-order valence-corrected chi connectivity index (χ1v) is 11.5. The zero-order valence-corrected chi connectivity index (χ0v) is 18.6. The Kier molecular flexibility index (Phi) is 3.59.